The van der Waals surface area contributed by atoms with Crippen molar-refractivity contribution in [1.29, 1.82) is 0 Å². The Hall–Kier alpha value is -2.49. The molecule has 2 aromatic carbocycles. The van der Waals surface area contributed by atoms with Gasteiger partial charge < -0.3 is 15.4 Å². The lowest BCUT2D eigenvalue weighted by atomic mass is 10.1. The van der Waals surface area contributed by atoms with Gasteiger partial charge in [-0.3, -0.25) is 4.79 Å². The summed E-state index contributed by atoms with van der Waals surface area (Å²) >= 11 is 0. The van der Waals surface area contributed by atoms with Crippen LogP contribution in [0.25, 0.3) is 0 Å². The predicted molar refractivity (Wildman–Crippen MR) is 98.5 cm³/mol. The van der Waals surface area contributed by atoms with Gasteiger partial charge in [-0.1, -0.05) is 49.4 Å². The van der Waals surface area contributed by atoms with E-state index in [1.165, 1.54) is 5.56 Å². The first kappa shape index (κ1) is 17.9. The molecular formula is C20H26N2O2. The van der Waals surface area contributed by atoms with Crippen LogP contribution in [0.1, 0.15) is 25.3 Å². The number of ether oxygens (including phenoxy) is 1. The first-order valence-corrected chi connectivity index (χ1v) is 8.56. The van der Waals surface area contributed by atoms with Gasteiger partial charge >= 0.3 is 0 Å². The van der Waals surface area contributed by atoms with E-state index in [0.717, 1.165) is 30.7 Å². The van der Waals surface area contributed by atoms with Gasteiger partial charge in [0.25, 0.3) is 0 Å². The normalized spacial score (nSPS) is 10.2. The molecule has 0 spiro atoms. The molecule has 0 unspecified atom stereocenters. The van der Waals surface area contributed by atoms with Gasteiger partial charge in [-0.05, 0) is 37.0 Å². The van der Waals surface area contributed by atoms with Crippen LogP contribution in [0.2, 0.25) is 0 Å². The lowest BCUT2D eigenvalue weighted by molar-refractivity contribution is -0.119. The third-order valence-electron chi connectivity index (χ3n) is 3.61. The number of carbonyl (C=O) groups excluding carboxylic acids is 1. The molecule has 2 aromatic rings. The number of amides is 1. The minimum Gasteiger partial charge on any atom is -0.491 e. The summed E-state index contributed by atoms with van der Waals surface area (Å²) in [5, 5.41) is 5.99. The Morgan fingerprint density at radius 1 is 1.04 bits per heavy atom. The van der Waals surface area contributed by atoms with Gasteiger partial charge in [-0.25, -0.2) is 0 Å². The molecule has 0 atom stereocenters. The molecule has 2 N–H and O–H groups in total. The van der Waals surface area contributed by atoms with Crippen molar-refractivity contribution in [2.75, 3.05) is 25.0 Å². The molecule has 0 bridgehead atoms. The minimum atomic E-state index is -0.00395. The molecule has 0 fully saturated rings. The fourth-order valence-electron chi connectivity index (χ4n) is 2.34. The topological polar surface area (TPSA) is 50.4 Å². The molecule has 0 aliphatic rings. The number of para-hydroxylation sites is 2. The number of anilines is 1. The number of rotatable bonds is 10. The lowest BCUT2D eigenvalue weighted by Gasteiger charge is -2.13. The Bertz CT molecular complexity index is 614. The predicted octanol–water partition coefficient (Wildman–Crippen LogP) is 3.64. The van der Waals surface area contributed by atoms with Crippen molar-refractivity contribution in [3.05, 3.63) is 60.2 Å². The average molecular weight is 326 g/mol. The number of nitrogens with one attached hydrogen (secondary N) is 2. The summed E-state index contributed by atoms with van der Waals surface area (Å²) in [6.45, 7) is 3.64. The standard InChI is InChI=1S/C20H26N2O2/c1-2-14-21-20(23)16-22-18-12-6-7-13-19(18)24-15-8-11-17-9-4-3-5-10-17/h3-7,9-10,12-13,22H,2,8,11,14-16H2,1H3,(H,21,23). The van der Waals surface area contributed by atoms with E-state index in [1.54, 1.807) is 0 Å². The molecule has 2 rings (SSSR count). The third-order valence-corrected chi connectivity index (χ3v) is 3.61. The van der Waals surface area contributed by atoms with Crippen molar-refractivity contribution in [1.82, 2.24) is 5.32 Å². The highest BCUT2D eigenvalue weighted by molar-refractivity contribution is 5.81. The van der Waals surface area contributed by atoms with Crippen LogP contribution in [-0.2, 0) is 11.2 Å². The summed E-state index contributed by atoms with van der Waals surface area (Å²) in [5.74, 6) is 0.782. The van der Waals surface area contributed by atoms with Crippen LogP contribution in [0.5, 0.6) is 5.75 Å². The monoisotopic (exact) mass is 326 g/mol. The molecule has 0 heterocycles. The van der Waals surface area contributed by atoms with Crippen molar-refractivity contribution >= 4 is 11.6 Å². The van der Waals surface area contributed by atoms with Gasteiger partial charge in [0.05, 0.1) is 18.8 Å². The minimum absolute atomic E-state index is 0.00395. The smallest absolute Gasteiger partial charge is 0.239 e. The molecule has 4 heteroatoms. The van der Waals surface area contributed by atoms with E-state index >= 15 is 0 Å². The van der Waals surface area contributed by atoms with E-state index in [4.69, 9.17) is 4.74 Å². The maximum absolute atomic E-state index is 11.7. The summed E-state index contributed by atoms with van der Waals surface area (Å²) in [4.78, 5) is 11.7. The number of hydrogen-bond donors (Lipinski definition) is 2. The second kappa shape index (κ2) is 10.3. The van der Waals surface area contributed by atoms with E-state index in [1.807, 2.05) is 37.3 Å². The number of carbonyl (C=O) groups is 1. The molecule has 0 aliphatic carbocycles. The van der Waals surface area contributed by atoms with Crippen molar-refractivity contribution < 1.29 is 9.53 Å². The summed E-state index contributed by atoms with van der Waals surface area (Å²) in [6, 6.07) is 18.1. The van der Waals surface area contributed by atoms with Crippen LogP contribution in [0.4, 0.5) is 5.69 Å². The highest BCUT2D eigenvalue weighted by Gasteiger charge is 2.05. The first-order chi connectivity index (χ1) is 11.8. The first-order valence-electron chi connectivity index (χ1n) is 8.56. The lowest BCUT2D eigenvalue weighted by Crippen LogP contribution is -2.30. The Kier molecular flexibility index (Phi) is 7.68. The summed E-state index contributed by atoms with van der Waals surface area (Å²) in [6.07, 6.45) is 2.89. The maximum Gasteiger partial charge on any atom is 0.239 e. The Morgan fingerprint density at radius 3 is 2.58 bits per heavy atom. The van der Waals surface area contributed by atoms with Crippen LogP contribution in [0.15, 0.2) is 54.6 Å². The molecule has 0 aliphatic heterocycles. The largest absolute Gasteiger partial charge is 0.491 e. The number of benzene rings is 2. The Morgan fingerprint density at radius 2 is 1.79 bits per heavy atom. The fraction of sp³-hybridized carbons (Fsp3) is 0.350. The molecule has 0 saturated heterocycles. The zero-order chi connectivity index (χ0) is 17.0. The van der Waals surface area contributed by atoms with Crippen molar-refractivity contribution in [3.63, 3.8) is 0 Å². The number of aryl methyl sites for hydroxylation is 1. The fourth-order valence-corrected chi connectivity index (χ4v) is 2.34. The highest BCUT2D eigenvalue weighted by atomic mass is 16.5. The Labute approximate surface area is 144 Å². The van der Waals surface area contributed by atoms with Gasteiger partial charge in [-0.2, -0.15) is 0 Å². The van der Waals surface area contributed by atoms with Crippen LogP contribution in [0.3, 0.4) is 0 Å². The second-order valence-electron chi connectivity index (χ2n) is 5.64. The zero-order valence-electron chi connectivity index (χ0n) is 14.3. The molecule has 24 heavy (non-hydrogen) atoms. The second-order valence-corrected chi connectivity index (χ2v) is 5.64. The van der Waals surface area contributed by atoms with Crippen molar-refractivity contribution in [3.8, 4) is 5.75 Å². The average Bonchev–Trinajstić information content (AvgIpc) is 2.63. The van der Waals surface area contributed by atoms with E-state index in [-0.39, 0.29) is 12.5 Å². The quantitative estimate of drug-likeness (QED) is 0.656. The van der Waals surface area contributed by atoms with E-state index in [0.29, 0.717) is 13.2 Å². The van der Waals surface area contributed by atoms with E-state index < -0.39 is 0 Å². The summed E-state index contributed by atoms with van der Waals surface area (Å²) < 4.78 is 5.88. The Balaban J connectivity index is 1.77. The molecule has 0 radical (unpaired) electrons. The van der Waals surface area contributed by atoms with Gasteiger partial charge in [0.15, 0.2) is 0 Å². The van der Waals surface area contributed by atoms with Crippen LogP contribution >= 0.6 is 0 Å². The number of hydrogen-bond acceptors (Lipinski definition) is 3. The van der Waals surface area contributed by atoms with Crippen LogP contribution < -0.4 is 15.4 Å². The third kappa shape index (κ3) is 6.32. The molecular weight excluding hydrogens is 300 g/mol. The highest BCUT2D eigenvalue weighted by Crippen LogP contribution is 2.23. The molecule has 1 amide bonds. The van der Waals surface area contributed by atoms with E-state index in [2.05, 4.69) is 34.9 Å². The van der Waals surface area contributed by atoms with E-state index in [9.17, 15) is 4.79 Å². The van der Waals surface area contributed by atoms with Gasteiger partial charge in [0.2, 0.25) is 5.91 Å². The summed E-state index contributed by atoms with van der Waals surface area (Å²) in [5.41, 5.74) is 2.17. The van der Waals surface area contributed by atoms with Crippen LogP contribution in [0, 0.1) is 0 Å². The van der Waals surface area contributed by atoms with Gasteiger partial charge in [-0.15, -0.1) is 0 Å². The van der Waals surface area contributed by atoms with Crippen molar-refractivity contribution in [2.45, 2.75) is 26.2 Å². The molecule has 0 saturated carbocycles. The molecule has 4 nitrogen and oxygen atoms in total. The summed E-state index contributed by atoms with van der Waals surface area (Å²) in [7, 11) is 0. The van der Waals surface area contributed by atoms with Crippen molar-refractivity contribution in [2.24, 2.45) is 0 Å². The molecule has 128 valence electrons. The molecule has 0 aromatic heterocycles. The SMILES string of the molecule is CCCNC(=O)CNc1ccccc1OCCCc1ccccc1. The maximum atomic E-state index is 11.7. The van der Waals surface area contributed by atoms with Crippen LogP contribution in [-0.4, -0.2) is 25.6 Å². The zero-order valence-corrected chi connectivity index (χ0v) is 14.3. The van der Waals surface area contributed by atoms with Gasteiger partial charge in [0.1, 0.15) is 5.75 Å². The van der Waals surface area contributed by atoms with Gasteiger partial charge in [0, 0.05) is 6.54 Å².